The number of carbonyl (C=O) groups excluding carboxylic acids is 1. The summed E-state index contributed by atoms with van der Waals surface area (Å²) in [6, 6.07) is 20.4. The predicted molar refractivity (Wildman–Crippen MR) is 96.9 cm³/mol. The van der Waals surface area contributed by atoms with Gasteiger partial charge in [0.2, 0.25) is 0 Å². The molecule has 0 radical (unpaired) electrons. The molecule has 0 amide bonds. The average Bonchev–Trinajstić information content (AvgIpc) is 2.64. The molecule has 4 heteroatoms. The van der Waals surface area contributed by atoms with Crippen LogP contribution >= 0.6 is 0 Å². The van der Waals surface area contributed by atoms with Crippen LogP contribution in [0.15, 0.2) is 72.8 Å². The molecule has 0 saturated carbocycles. The van der Waals surface area contributed by atoms with Crippen molar-refractivity contribution in [1.82, 2.24) is 0 Å². The van der Waals surface area contributed by atoms with Gasteiger partial charge in [-0.25, -0.2) is 4.79 Å². The van der Waals surface area contributed by atoms with Crippen LogP contribution in [0.3, 0.4) is 0 Å². The Kier molecular flexibility index (Phi) is 4.90. The maximum absolute atomic E-state index is 12.4. The van der Waals surface area contributed by atoms with Gasteiger partial charge in [-0.15, -0.1) is 0 Å². The van der Waals surface area contributed by atoms with Gasteiger partial charge in [-0.1, -0.05) is 60.7 Å². The van der Waals surface area contributed by atoms with Crippen LogP contribution in [-0.2, 0) is 4.79 Å². The van der Waals surface area contributed by atoms with Crippen molar-refractivity contribution >= 4 is 28.6 Å². The van der Waals surface area contributed by atoms with Gasteiger partial charge < -0.3 is 9.84 Å². The lowest BCUT2D eigenvalue weighted by atomic mass is 10.0. The number of aliphatic carboxylic acids is 1. The molecule has 3 rings (SSSR count). The number of ketones is 1. The smallest absolute Gasteiger partial charge is 0.341 e. The number of benzene rings is 3. The van der Waals surface area contributed by atoms with Crippen molar-refractivity contribution in [3.05, 3.63) is 83.9 Å². The molecule has 124 valence electrons. The number of carboxylic acids is 1. The Morgan fingerprint density at radius 3 is 2.56 bits per heavy atom. The summed E-state index contributed by atoms with van der Waals surface area (Å²) >= 11 is 0. The molecular weight excluding hydrogens is 316 g/mol. The maximum atomic E-state index is 12.4. The Morgan fingerprint density at radius 1 is 0.960 bits per heavy atom. The van der Waals surface area contributed by atoms with Gasteiger partial charge in [-0.05, 0) is 34.5 Å². The van der Waals surface area contributed by atoms with Crippen molar-refractivity contribution < 1.29 is 19.4 Å². The highest BCUT2D eigenvalue weighted by atomic mass is 16.5. The Bertz CT molecular complexity index is 952. The van der Waals surface area contributed by atoms with E-state index in [1.54, 1.807) is 30.3 Å². The van der Waals surface area contributed by atoms with E-state index in [0.29, 0.717) is 11.3 Å². The van der Waals surface area contributed by atoms with E-state index in [2.05, 4.69) is 0 Å². The molecule has 0 unspecified atom stereocenters. The number of carbonyl (C=O) groups is 2. The lowest BCUT2D eigenvalue weighted by Crippen LogP contribution is -2.09. The van der Waals surface area contributed by atoms with Crippen LogP contribution in [0.1, 0.15) is 15.9 Å². The molecular formula is C21H16O4. The van der Waals surface area contributed by atoms with Crippen LogP contribution in [-0.4, -0.2) is 23.5 Å². The Balaban J connectivity index is 1.80. The quantitative estimate of drug-likeness (QED) is 0.543. The Morgan fingerprint density at radius 2 is 1.72 bits per heavy atom. The van der Waals surface area contributed by atoms with E-state index < -0.39 is 12.6 Å². The van der Waals surface area contributed by atoms with E-state index in [9.17, 15) is 9.59 Å². The molecule has 0 aromatic heterocycles. The fourth-order valence-corrected chi connectivity index (χ4v) is 2.54. The lowest BCUT2D eigenvalue weighted by molar-refractivity contribution is -0.139. The van der Waals surface area contributed by atoms with Crippen molar-refractivity contribution in [2.24, 2.45) is 0 Å². The molecule has 1 N–H and O–H groups in total. The van der Waals surface area contributed by atoms with E-state index in [1.807, 2.05) is 42.5 Å². The van der Waals surface area contributed by atoms with Gasteiger partial charge in [0.05, 0.1) is 0 Å². The summed E-state index contributed by atoms with van der Waals surface area (Å²) in [7, 11) is 0. The number of hydrogen-bond acceptors (Lipinski definition) is 3. The summed E-state index contributed by atoms with van der Waals surface area (Å²) in [4.78, 5) is 22.9. The van der Waals surface area contributed by atoms with Crippen LogP contribution < -0.4 is 4.74 Å². The average molecular weight is 332 g/mol. The topological polar surface area (TPSA) is 63.6 Å². The van der Waals surface area contributed by atoms with E-state index in [4.69, 9.17) is 9.84 Å². The molecule has 3 aromatic rings. The van der Waals surface area contributed by atoms with Crippen LogP contribution in [0.4, 0.5) is 0 Å². The van der Waals surface area contributed by atoms with Crippen molar-refractivity contribution in [3.8, 4) is 5.75 Å². The monoisotopic (exact) mass is 332 g/mol. The zero-order chi connectivity index (χ0) is 17.6. The second-order valence-corrected chi connectivity index (χ2v) is 5.48. The first-order valence-electron chi connectivity index (χ1n) is 7.78. The molecule has 0 fully saturated rings. The molecule has 25 heavy (non-hydrogen) atoms. The molecule has 0 bridgehead atoms. The molecule has 0 aliphatic heterocycles. The molecule has 3 aromatic carbocycles. The van der Waals surface area contributed by atoms with E-state index in [1.165, 1.54) is 6.08 Å². The summed E-state index contributed by atoms with van der Waals surface area (Å²) < 4.78 is 5.10. The van der Waals surface area contributed by atoms with Gasteiger partial charge in [0.15, 0.2) is 12.4 Å². The molecule has 0 aliphatic carbocycles. The minimum absolute atomic E-state index is 0.172. The minimum Gasteiger partial charge on any atom is -0.482 e. The second kappa shape index (κ2) is 7.45. The fraction of sp³-hybridized carbons (Fsp3) is 0.0476. The highest BCUT2D eigenvalue weighted by Crippen LogP contribution is 2.20. The Labute approximate surface area is 145 Å². The van der Waals surface area contributed by atoms with Gasteiger partial charge in [0.25, 0.3) is 0 Å². The SMILES string of the molecule is O=C(O)COc1cccc(C(=O)/C=C/c2cccc3ccccc23)c1. The third-order valence-corrected chi connectivity index (χ3v) is 3.72. The first-order chi connectivity index (χ1) is 12.1. The summed E-state index contributed by atoms with van der Waals surface area (Å²) in [6.45, 7) is -0.441. The van der Waals surface area contributed by atoms with Gasteiger partial charge in [0.1, 0.15) is 5.75 Å². The first kappa shape index (κ1) is 16.5. The number of rotatable bonds is 6. The van der Waals surface area contributed by atoms with Gasteiger partial charge in [0, 0.05) is 5.56 Å². The number of hydrogen-bond donors (Lipinski definition) is 1. The van der Waals surface area contributed by atoms with Crippen LogP contribution in [0.25, 0.3) is 16.8 Å². The standard InChI is InChI=1S/C21H16O4/c22-20(17-8-4-9-18(13-17)25-14-21(23)24)12-11-16-7-3-6-15-5-1-2-10-19(15)16/h1-13H,14H2,(H,23,24)/b12-11+. The molecule has 0 atom stereocenters. The van der Waals surface area contributed by atoms with Gasteiger partial charge >= 0.3 is 5.97 Å². The second-order valence-electron chi connectivity index (χ2n) is 5.48. The van der Waals surface area contributed by atoms with Crippen molar-refractivity contribution in [1.29, 1.82) is 0 Å². The summed E-state index contributed by atoms with van der Waals surface area (Å²) in [5.41, 5.74) is 1.41. The molecule has 0 spiro atoms. The van der Waals surface area contributed by atoms with Gasteiger partial charge in [-0.2, -0.15) is 0 Å². The predicted octanol–water partition coefficient (Wildman–Crippen LogP) is 4.20. The molecule has 0 saturated heterocycles. The number of ether oxygens (including phenoxy) is 1. The normalized spacial score (nSPS) is 10.9. The zero-order valence-electron chi connectivity index (χ0n) is 13.4. The zero-order valence-corrected chi connectivity index (χ0v) is 13.4. The van der Waals surface area contributed by atoms with Crippen LogP contribution in [0.5, 0.6) is 5.75 Å². The lowest BCUT2D eigenvalue weighted by Gasteiger charge is -2.04. The van der Waals surface area contributed by atoms with E-state index in [-0.39, 0.29) is 5.78 Å². The van der Waals surface area contributed by atoms with Crippen molar-refractivity contribution in [2.45, 2.75) is 0 Å². The summed E-state index contributed by atoms with van der Waals surface area (Å²) in [6.07, 6.45) is 3.30. The van der Waals surface area contributed by atoms with E-state index >= 15 is 0 Å². The molecule has 4 nitrogen and oxygen atoms in total. The number of allylic oxidation sites excluding steroid dienone is 1. The van der Waals surface area contributed by atoms with Gasteiger partial charge in [-0.3, -0.25) is 4.79 Å². The first-order valence-corrected chi connectivity index (χ1v) is 7.78. The largest absolute Gasteiger partial charge is 0.482 e. The number of fused-ring (bicyclic) bond motifs is 1. The summed E-state index contributed by atoms with van der Waals surface area (Å²) in [5.74, 6) is -0.881. The Hall–Kier alpha value is -3.40. The van der Waals surface area contributed by atoms with Crippen molar-refractivity contribution in [3.63, 3.8) is 0 Å². The van der Waals surface area contributed by atoms with E-state index in [0.717, 1.165) is 16.3 Å². The molecule has 0 heterocycles. The van der Waals surface area contributed by atoms with Crippen molar-refractivity contribution in [2.75, 3.05) is 6.61 Å². The minimum atomic E-state index is -1.06. The molecule has 0 aliphatic rings. The number of carboxylic acid groups (broad SMARTS) is 1. The summed E-state index contributed by atoms with van der Waals surface area (Å²) in [5, 5.41) is 10.8. The highest BCUT2D eigenvalue weighted by molar-refractivity contribution is 6.08. The highest BCUT2D eigenvalue weighted by Gasteiger charge is 2.05. The third-order valence-electron chi connectivity index (χ3n) is 3.72. The van der Waals surface area contributed by atoms with Crippen LogP contribution in [0, 0.1) is 0 Å². The fourth-order valence-electron chi connectivity index (χ4n) is 2.54. The third kappa shape index (κ3) is 4.12. The van der Waals surface area contributed by atoms with Crippen LogP contribution in [0.2, 0.25) is 0 Å². The maximum Gasteiger partial charge on any atom is 0.341 e.